The van der Waals surface area contributed by atoms with Gasteiger partial charge in [-0.1, -0.05) is 0 Å². The Bertz CT molecular complexity index is 6.00. The molecule has 0 saturated heterocycles. The molecule has 3 heteroatoms. The van der Waals surface area contributed by atoms with Crippen molar-refractivity contribution in [2.75, 3.05) is 0 Å². The summed E-state index contributed by atoms with van der Waals surface area (Å²) in [6.45, 7) is 0. The Hall–Kier alpha value is 1.10. The van der Waals surface area contributed by atoms with E-state index in [1.54, 1.807) is 0 Å². The van der Waals surface area contributed by atoms with Gasteiger partial charge in [0.15, 0.2) is 0 Å². The van der Waals surface area contributed by atoms with Gasteiger partial charge in [0.1, 0.15) is 5.34 Å². The molecule has 0 aromatic heterocycles. The van der Waals surface area contributed by atoms with Gasteiger partial charge in [-0.2, -0.15) is 0 Å². The van der Waals surface area contributed by atoms with Crippen LogP contribution in [0.3, 0.4) is 0 Å². The molecule has 0 N–H and O–H groups in total. The minimum absolute atomic E-state index is 0. The molecule has 0 heterocycles. The summed E-state index contributed by atoms with van der Waals surface area (Å²) >= 11 is 9.28. The van der Waals surface area contributed by atoms with E-state index in [0.29, 0.717) is 0 Å². The van der Waals surface area contributed by atoms with E-state index in [-0.39, 0.29) is 17.1 Å². The summed E-state index contributed by atoms with van der Waals surface area (Å²) in [6, 6.07) is 0. The van der Waals surface area contributed by atoms with Gasteiger partial charge in [-0.15, -0.1) is 23.2 Å². The number of hydrogen-bond donors (Lipinski definition) is 0. The van der Waals surface area contributed by atoms with Crippen molar-refractivity contribution in [1.29, 1.82) is 0 Å². The topological polar surface area (TPSA) is 0 Å². The van der Waals surface area contributed by atoms with Gasteiger partial charge in [0.25, 0.3) is 0 Å². The fourth-order valence-corrected chi connectivity index (χ4v) is 0. The van der Waals surface area contributed by atoms with Gasteiger partial charge in [0.05, 0.1) is 0 Å². The Kier molecular flexibility index (Phi) is 19.9. The molecule has 0 nitrogen and oxygen atoms in total. The Labute approximate surface area is 45.9 Å². The first-order valence-corrected chi connectivity index (χ1v) is 1.31. The Balaban J connectivity index is 0. The molecule has 0 spiro atoms. The molecule has 0 aliphatic rings. The monoisotopic (exact) mass is 139 g/mol. The summed E-state index contributed by atoms with van der Waals surface area (Å²) in [5.74, 6) is 0. The van der Waals surface area contributed by atoms with Crippen LogP contribution in [0.15, 0.2) is 0 Å². The molecule has 1 radical (unpaired) electrons. The maximum atomic E-state index is 4.64. The molecule has 0 atom stereocenters. The molecule has 0 aromatic rings. The summed E-state index contributed by atoms with van der Waals surface area (Å²) in [5, 5.41) is 0.944. The number of rotatable bonds is 0. The zero-order valence-electron chi connectivity index (χ0n) is 1.69. The SMILES string of the molecule is Cl[CH]Cl.[Fe]. The maximum absolute atomic E-state index is 4.64. The molecular weight excluding hydrogens is 139 g/mol. The van der Waals surface area contributed by atoms with Gasteiger partial charge in [-0.05, 0) is 0 Å². The van der Waals surface area contributed by atoms with Gasteiger partial charge in [-0.3, -0.25) is 0 Å². The third-order valence-electron chi connectivity index (χ3n) is 0. The zero-order chi connectivity index (χ0) is 2.71. The van der Waals surface area contributed by atoms with Crippen molar-refractivity contribution in [2.45, 2.75) is 0 Å². The first-order valence-electron chi connectivity index (χ1n) is 0.436. The Morgan fingerprint density at radius 1 is 1.25 bits per heavy atom. The first kappa shape index (κ1) is 8.92. The summed E-state index contributed by atoms with van der Waals surface area (Å²) in [6.07, 6.45) is 0. The van der Waals surface area contributed by atoms with E-state index in [9.17, 15) is 0 Å². The molecule has 0 amide bonds. The molecule has 27 valence electrons. The summed E-state index contributed by atoms with van der Waals surface area (Å²) in [7, 11) is 0. The van der Waals surface area contributed by atoms with E-state index in [1.165, 1.54) is 0 Å². The second-order valence-electron chi connectivity index (χ2n) is 0.0825. The van der Waals surface area contributed by atoms with Crippen molar-refractivity contribution < 1.29 is 17.1 Å². The molecule has 0 aliphatic heterocycles. The summed E-state index contributed by atoms with van der Waals surface area (Å²) in [5.41, 5.74) is 0. The molecule has 0 aromatic carbocycles. The minimum Gasteiger partial charge on any atom is -0.102 e. The largest absolute Gasteiger partial charge is 0.137 e. The van der Waals surface area contributed by atoms with Crippen LogP contribution in [-0.2, 0) is 17.1 Å². The minimum atomic E-state index is 0. The second kappa shape index (κ2) is 8.93. The standard InChI is InChI=1S/CHCl2.Fe/c2-1-3;/h1H;. The summed E-state index contributed by atoms with van der Waals surface area (Å²) < 4.78 is 0. The fraction of sp³-hybridized carbons (Fsp3) is 0. The quantitative estimate of drug-likeness (QED) is 0.448. The van der Waals surface area contributed by atoms with Crippen LogP contribution in [0, 0.1) is 5.34 Å². The number of hydrogen-bond acceptors (Lipinski definition) is 0. The van der Waals surface area contributed by atoms with Crippen molar-refractivity contribution in [2.24, 2.45) is 0 Å². The Morgan fingerprint density at radius 2 is 1.25 bits per heavy atom. The van der Waals surface area contributed by atoms with E-state index >= 15 is 0 Å². The van der Waals surface area contributed by atoms with E-state index in [0.717, 1.165) is 5.34 Å². The normalized spacial score (nSPS) is 4.50. The van der Waals surface area contributed by atoms with E-state index < -0.39 is 0 Å². The molecule has 0 aliphatic carbocycles. The van der Waals surface area contributed by atoms with Crippen molar-refractivity contribution in [3.8, 4) is 0 Å². The van der Waals surface area contributed by atoms with Gasteiger partial charge in [-0.25, -0.2) is 0 Å². The van der Waals surface area contributed by atoms with Crippen LogP contribution < -0.4 is 0 Å². The predicted molar refractivity (Wildman–Crippen MR) is 16.0 cm³/mol. The van der Waals surface area contributed by atoms with Gasteiger partial charge in [0.2, 0.25) is 0 Å². The zero-order valence-corrected chi connectivity index (χ0v) is 4.30. The van der Waals surface area contributed by atoms with Crippen LogP contribution in [0.1, 0.15) is 0 Å². The average Bonchev–Trinajstić information content (AvgIpc) is 0.918. The van der Waals surface area contributed by atoms with E-state index in [1.807, 2.05) is 0 Å². The van der Waals surface area contributed by atoms with Crippen LogP contribution in [0.4, 0.5) is 0 Å². The van der Waals surface area contributed by atoms with Crippen molar-refractivity contribution in [1.82, 2.24) is 0 Å². The van der Waals surface area contributed by atoms with Crippen LogP contribution >= 0.6 is 23.2 Å². The first-order chi connectivity index (χ1) is 1.41. The van der Waals surface area contributed by atoms with Gasteiger partial charge < -0.3 is 0 Å². The van der Waals surface area contributed by atoms with Crippen LogP contribution in [0.5, 0.6) is 0 Å². The van der Waals surface area contributed by atoms with E-state index in [2.05, 4.69) is 23.2 Å². The average molecular weight is 140 g/mol. The smallest absolute Gasteiger partial charge is 0.102 e. The van der Waals surface area contributed by atoms with Crippen molar-refractivity contribution in [3.05, 3.63) is 5.34 Å². The van der Waals surface area contributed by atoms with Gasteiger partial charge in [0, 0.05) is 17.1 Å². The van der Waals surface area contributed by atoms with E-state index in [4.69, 9.17) is 0 Å². The third kappa shape index (κ3) is 11.3. The molecule has 4 heavy (non-hydrogen) atoms. The molecule has 0 unspecified atom stereocenters. The maximum Gasteiger partial charge on any atom is 0.137 e. The molecule has 0 fully saturated rings. The number of halogens is 2. The van der Waals surface area contributed by atoms with Crippen LogP contribution in [-0.4, -0.2) is 0 Å². The fourth-order valence-electron chi connectivity index (χ4n) is 0. The molecule has 0 bridgehead atoms. The van der Waals surface area contributed by atoms with Gasteiger partial charge >= 0.3 is 0 Å². The van der Waals surface area contributed by atoms with Crippen LogP contribution in [0.25, 0.3) is 0 Å². The van der Waals surface area contributed by atoms with Crippen molar-refractivity contribution in [3.63, 3.8) is 0 Å². The predicted octanol–water partition coefficient (Wildman–Crippen LogP) is 1.58. The van der Waals surface area contributed by atoms with Crippen molar-refractivity contribution >= 4 is 23.2 Å². The second-order valence-corrected chi connectivity index (χ2v) is 0.742. The Morgan fingerprint density at radius 3 is 1.25 bits per heavy atom. The third-order valence-corrected chi connectivity index (χ3v) is 0. The molecule has 0 rings (SSSR count). The summed E-state index contributed by atoms with van der Waals surface area (Å²) in [4.78, 5) is 0. The molecule has 0 saturated carbocycles. The van der Waals surface area contributed by atoms with Crippen LogP contribution in [0.2, 0.25) is 0 Å². The molecular formula is CHCl2Fe.